The molecule has 4 rings (SSSR count). The quantitative estimate of drug-likeness (QED) is 0.799. The van der Waals surface area contributed by atoms with Gasteiger partial charge < -0.3 is 9.88 Å². The smallest absolute Gasteiger partial charge is 0.279 e. The standard InChI is InChI=1S/C17H14N6O/c1-2-23-10-19-22-16(23)13-7-4-8-14(21-13)20-12-6-3-5-11-9-18-17(24)15(11)12/h3-10H,2H2,1H3,(H,20,21). The van der Waals surface area contributed by atoms with E-state index in [0.29, 0.717) is 22.9 Å². The largest absolute Gasteiger partial charge is 0.340 e. The number of nitrogens with one attached hydrogen (secondary N) is 1. The number of benzene rings is 1. The summed E-state index contributed by atoms with van der Waals surface area (Å²) in [6.45, 7) is 2.79. The molecule has 1 amide bonds. The van der Waals surface area contributed by atoms with Crippen LogP contribution in [0.5, 0.6) is 0 Å². The Balaban J connectivity index is 1.69. The molecule has 3 aromatic rings. The molecule has 0 radical (unpaired) electrons. The molecule has 118 valence electrons. The van der Waals surface area contributed by atoms with Gasteiger partial charge in [0, 0.05) is 18.3 Å². The lowest BCUT2D eigenvalue weighted by Crippen LogP contribution is -2.03. The van der Waals surface area contributed by atoms with Crippen molar-refractivity contribution in [3.05, 3.63) is 53.9 Å². The average Bonchev–Trinajstić information content (AvgIpc) is 3.22. The minimum absolute atomic E-state index is 0.241. The summed E-state index contributed by atoms with van der Waals surface area (Å²) in [5.41, 5.74) is 2.79. The van der Waals surface area contributed by atoms with E-state index in [9.17, 15) is 4.79 Å². The van der Waals surface area contributed by atoms with Gasteiger partial charge in [-0.05, 0) is 25.1 Å². The first-order valence-corrected chi connectivity index (χ1v) is 7.60. The number of anilines is 2. The molecular weight excluding hydrogens is 304 g/mol. The first-order valence-electron chi connectivity index (χ1n) is 7.60. The van der Waals surface area contributed by atoms with Crippen molar-refractivity contribution in [2.45, 2.75) is 13.5 Å². The van der Waals surface area contributed by atoms with Crippen molar-refractivity contribution in [1.29, 1.82) is 0 Å². The SMILES string of the molecule is CCn1cnnc1-c1cccc(Nc2cccc3c2C(=O)N=C3)n1. The molecule has 1 N–H and O–H groups in total. The Labute approximate surface area is 138 Å². The topological polar surface area (TPSA) is 85.1 Å². The average molecular weight is 318 g/mol. The number of carbonyl (C=O) groups excluding carboxylic acids is 1. The summed E-state index contributed by atoms with van der Waals surface area (Å²) < 4.78 is 1.92. The van der Waals surface area contributed by atoms with Crippen molar-refractivity contribution < 1.29 is 4.79 Å². The zero-order valence-electron chi connectivity index (χ0n) is 13.0. The second kappa shape index (κ2) is 5.69. The first-order chi connectivity index (χ1) is 11.8. The van der Waals surface area contributed by atoms with Crippen molar-refractivity contribution in [2.75, 3.05) is 5.32 Å². The normalized spacial score (nSPS) is 12.5. The van der Waals surface area contributed by atoms with Crippen LogP contribution < -0.4 is 5.32 Å². The number of fused-ring (bicyclic) bond motifs is 1. The van der Waals surface area contributed by atoms with Crippen molar-refractivity contribution in [1.82, 2.24) is 19.7 Å². The molecule has 7 heteroatoms. The molecule has 1 aliphatic heterocycles. The van der Waals surface area contributed by atoms with Crippen LogP contribution in [-0.4, -0.2) is 31.9 Å². The number of amides is 1. The van der Waals surface area contributed by atoms with Crippen LogP contribution >= 0.6 is 0 Å². The number of aromatic nitrogens is 4. The van der Waals surface area contributed by atoms with E-state index in [4.69, 9.17) is 0 Å². The summed E-state index contributed by atoms with van der Waals surface area (Å²) in [4.78, 5) is 20.4. The second-order valence-corrected chi connectivity index (χ2v) is 5.31. The summed E-state index contributed by atoms with van der Waals surface area (Å²) in [6.07, 6.45) is 3.26. The van der Waals surface area contributed by atoms with Crippen LogP contribution in [-0.2, 0) is 6.54 Å². The molecule has 0 unspecified atom stereocenters. The Morgan fingerprint density at radius 1 is 1.17 bits per heavy atom. The highest BCUT2D eigenvalue weighted by Crippen LogP contribution is 2.27. The van der Waals surface area contributed by atoms with Gasteiger partial charge >= 0.3 is 0 Å². The summed E-state index contributed by atoms with van der Waals surface area (Å²) in [7, 11) is 0. The Hall–Kier alpha value is -3.35. The van der Waals surface area contributed by atoms with Gasteiger partial charge in [-0.3, -0.25) is 4.79 Å². The van der Waals surface area contributed by atoms with Crippen molar-refractivity contribution in [3.63, 3.8) is 0 Å². The molecule has 0 aliphatic carbocycles. The highest BCUT2D eigenvalue weighted by atomic mass is 16.1. The summed E-state index contributed by atoms with van der Waals surface area (Å²) in [5, 5.41) is 11.3. The molecule has 0 spiro atoms. The van der Waals surface area contributed by atoms with Crippen LogP contribution in [0.3, 0.4) is 0 Å². The van der Waals surface area contributed by atoms with Crippen molar-refractivity contribution in [2.24, 2.45) is 4.99 Å². The molecule has 0 saturated carbocycles. The van der Waals surface area contributed by atoms with E-state index < -0.39 is 0 Å². The highest BCUT2D eigenvalue weighted by Gasteiger charge is 2.19. The number of carbonyl (C=O) groups is 1. The number of hydrogen-bond donors (Lipinski definition) is 1. The fraction of sp³-hybridized carbons (Fsp3) is 0.118. The zero-order chi connectivity index (χ0) is 16.5. The maximum Gasteiger partial charge on any atom is 0.279 e. The number of nitrogens with zero attached hydrogens (tertiary/aromatic N) is 5. The molecule has 1 aliphatic rings. The van der Waals surface area contributed by atoms with Gasteiger partial charge in [0.15, 0.2) is 5.82 Å². The van der Waals surface area contributed by atoms with Gasteiger partial charge in [-0.15, -0.1) is 10.2 Å². The van der Waals surface area contributed by atoms with Crippen LogP contribution in [0.2, 0.25) is 0 Å². The molecule has 0 bridgehead atoms. The summed E-state index contributed by atoms with van der Waals surface area (Å²) >= 11 is 0. The summed E-state index contributed by atoms with van der Waals surface area (Å²) in [6, 6.07) is 11.2. The minimum Gasteiger partial charge on any atom is -0.340 e. The van der Waals surface area contributed by atoms with E-state index in [1.165, 1.54) is 0 Å². The van der Waals surface area contributed by atoms with Gasteiger partial charge in [-0.1, -0.05) is 18.2 Å². The van der Waals surface area contributed by atoms with Gasteiger partial charge in [0.2, 0.25) is 0 Å². The summed E-state index contributed by atoms with van der Waals surface area (Å²) in [5.74, 6) is 1.10. The van der Waals surface area contributed by atoms with E-state index in [2.05, 4.69) is 25.5 Å². The lowest BCUT2D eigenvalue weighted by Gasteiger charge is -2.10. The number of aryl methyl sites for hydroxylation is 1. The Kier molecular flexibility index (Phi) is 3.38. The van der Waals surface area contributed by atoms with Crippen LogP contribution in [0.25, 0.3) is 11.5 Å². The molecular formula is C17H14N6O. The molecule has 7 nitrogen and oxygen atoms in total. The number of aliphatic imine (C=N–C) groups is 1. The van der Waals surface area contributed by atoms with Crippen molar-refractivity contribution in [3.8, 4) is 11.5 Å². The zero-order valence-corrected chi connectivity index (χ0v) is 13.0. The van der Waals surface area contributed by atoms with Gasteiger partial charge in [-0.2, -0.15) is 0 Å². The minimum atomic E-state index is -0.241. The number of hydrogen-bond acceptors (Lipinski definition) is 5. The maximum absolute atomic E-state index is 11.9. The molecule has 3 heterocycles. The van der Waals surface area contributed by atoms with E-state index in [1.54, 1.807) is 12.5 Å². The maximum atomic E-state index is 11.9. The Morgan fingerprint density at radius 2 is 2.04 bits per heavy atom. The first kappa shape index (κ1) is 14.3. The lowest BCUT2D eigenvalue weighted by molar-refractivity contribution is 0.101. The monoisotopic (exact) mass is 318 g/mol. The van der Waals surface area contributed by atoms with Crippen LogP contribution in [0.15, 0.2) is 47.7 Å². The van der Waals surface area contributed by atoms with Gasteiger partial charge in [0.05, 0.1) is 11.3 Å². The fourth-order valence-corrected chi connectivity index (χ4v) is 2.66. The van der Waals surface area contributed by atoms with Crippen molar-refractivity contribution >= 4 is 23.6 Å². The van der Waals surface area contributed by atoms with E-state index in [1.807, 2.05) is 47.9 Å². The number of pyridine rings is 1. The molecule has 0 saturated heterocycles. The Bertz CT molecular complexity index is 959. The molecule has 2 aromatic heterocycles. The third kappa shape index (κ3) is 2.36. The Morgan fingerprint density at radius 3 is 2.92 bits per heavy atom. The van der Waals surface area contributed by atoms with E-state index in [0.717, 1.165) is 17.8 Å². The highest BCUT2D eigenvalue weighted by molar-refractivity contribution is 6.16. The van der Waals surface area contributed by atoms with Gasteiger partial charge in [0.25, 0.3) is 5.91 Å². The van der Waals surface area contributed by atoms with Crippen LogP contribution in [0, 0.1) is 0 Å². The van der Waals surface area contributed by atoms with E-state index >= 15 is 0 Å². The fourth-order valence-electron chi connectivity index (χ4n) is 2.66. The van der Waals surface area contributed by atoms with Gasteiger partial charge in [-0.25, -0.2) is 9.98 Å². The molecule has 24 heavy (non-hydrogen) atoms. The van der Waals surface area contributed by atoms with Gasteiger partial charge in [0.1, 0.15) is 17.8 Å². The number of rotatable bonds is 4. The molecule has 0 fully saturated rings. The molecule has 1 aromatic carbocycles. The molecule has 0 atom stereocenters. The predicted molar refractivity (Wildman–Crippen MR) is 90.6 cm³/mol. The second-order valence-electron chi connectivity index (χ2n) is 5.31. The van der Waals surface area contributed by atoms with Crippen LogP contribution in [0.1, 0.15) is 22.8 Å². The van der Waals surface area contributed by atoms with E-state index in [-0.39, 0.29) is 5.91 Å². The van der Waals surface area contributed by atoms with Crippen LogP contribution in [0.4, 0.5) is 11.5 Å². The third-order valence-electron chi connectivity index (χ3n) is 3.83. The lowest BCUT2D eigenvalue weighted by atomic mass is 10.1. The predicted octanol–water partition coefficient (Wildman–Crippen LogP) is 2.68. The third-order valence-corrected chi connectivity index (χ3v) is 3.83.